The van der Waals surface area contributed by atoms with Gasteiger partial charge < -0.3 is 20.3 Å². The molecule has 164 valence electrons. The van der Waals surface area contributed by atoms with Crippen LogP contribution in [0.3, 0.4) is 0 Å². The summed E-state index contributed by atoms with van der Waals surface area (Å²) in [5, 5.41) is 6.91. The first-order valence-corrected chi connectivity index (χ1v) is 10.6. The Hall–Kier alpha value is -1.87. The number of anilines is 1. The highest BCUT2D eigenvalue weighted by atomic mass is 127. The standard InChI is InChI=1S/C23H33N5O.HI/c1-3-24-23(27-19(2)11-12-20-8-5-4-6-9-20)26-18-21-10-7-13-25-22(21)28-14-16-29-17-15-28;/h4-10,13,19H,3,11-12,14-18H2,1-2H3,(H2,24,26,27);1H. The molecule has 0 spiro atoms. The minimum Gasteiger partial charge on any atom is -0.378 e. The van der Waals surface area contributed by atoms with Gasteiger partial charge in [0.1, 0.15) is 5.82 Å². The van der Waals surface area contributed by atoms with Crippen molar-refractivity contribution in [3.63, 3.8) is 0 Å². The van der Waals surface area contributed by atoms with Crippen molar-refractivity contribution in [3.05, 3.63) is 59.8 Å². The fraction of sp³-hybridized carbons (Fsp3) is 0.478. The van der Waals surface area contributed by atoms with Gasteiger partial charge in [-0.05, 0) is 38.3 Å². The van der Waals surface area contributed by atoms with E-state index in [9.17, 15) is 0 Å². The first-order chi connectivity index (χ1) is 14.3. The largest absolute Gasteiger partial charge is 0.378 e. The molecule has 1 aliphatic heterocycles. The average molecular weight is 523 g/mol. The average Bonchev–Trinajstić information content (AvgIpc) is 2.78. The summed E-state index contributed by atoms with van der Waals surface area (Å²) in [5.41, 5.74) is 2.51. The van der Waals surface area contributed by atoms with Crippen LogP contribution < -0.4 is 15.5 Å². The molecule has 7 heteroatoms. The van der Waals surface area contributed by atoms with Gasteiger partial charge in [-0.15, -0.1) is 24.0 Å². The monoisotopic (exact) mass is 523 g/mol. The van der Waals surface area contributed by atoms with E-state index in [1.54, 1.807) is 0 Å². The Bertz CT molecular complexity index is 765. The number of hydrogen-bond donors (Lipinski definition) is 2. The molecular formula is C23H34IN5O. The van der Waals surface area contributed by atoms with E-state index in [0.29, 0.717) is 12.6 Å². The van der Waals surface area contributed by atoms with Crippen LogP contribution >= 0.6 is 24.0 Å². The van der Waals surface area contributed by atoms with Crippen molar-refractivity contribution in [2.24, 2.45) is 4.99 Å². The van der Waals surface area contributed by atoms with Crippen molar-refractivity contribution in [2.45, 2.75) is 39.3 Å². The minimum absolute atomic E-state index is 0. The normalized spacial score (nSPS) is 15.3. The van der Waals surface area contributed by atoms with Crippen molar-refractivity contribution in [2.75, 3.05) is 37.7 Å². The number of benzene rings is 1. The van der Waals surface area contributed by atoms with Gasteiger partial charge in [0.15, 0.2) is 5.96 Å². The molecule has 30 heavy (non-hydrogen) atoms. The number of hydrogen-bond acceptors (Lipinski definition) is 4. The summed E-state index contributed by atoms with van der Waals surface area (Å²) in [6, 6.07) is 15.0. The van der Waals surface area contributed by atoms with Crippen LogP contribution in [0, 0.1) is 0 Å². The number of guanidine groups is 1. The Morgan fingerprint density at radius 1 is 1.17 bits per heavy atom. The minimum atomic E-state index is 0. The lowest BCUT2D eigenvalue weighted by atomic mass is 10.1. The number of aromatic nitrogens is 1. The van der Waals surface area contributed by atoms with E-state index in [4.69, 9.17) is 9.73 Å². The molecule has 0 amide bonds. The predicted octanol–water partition coefficient (Wildman–Crippen LogP) is 3.61. The second-order valence-corrected chi connectivity index (χ2v) is 7.35. The summed E-state index contributed by atoms with van der Waals surface area (Å²) in [6.45, 7) is 8.99. The first-order valence-electron chi connectivity index (χ1n) is 10.6. The molecule has 2 aromatic rings. The highest BCUT2D eigenvalue weighted by Crippen LogP contribution is 2.19. The number of rotatable bonds is 8. The number of aryl methyl sites for hydroxylation is 1. The second kappa shape index (κ2) is 13.4. The first kappa shape index (κ1) is 24.4. The Balaban J connectivity index is 0.00000320. The van der Waals surface area contributed by atoms with E-state index in [2.05, 4.69) is 70.8 Å². The zero-order chi connectivity index (χ0) is 20.3. The molecule has 1 atom stereocenters. The molecule has 1 aromatic carbocycles. The van der Waals surface area contributed by atoms with Crippen LogP contribution in [0.5, 0.6) is 0 Å². The molecule has 2 N–H and O–H groups in total. The van der Waals surface area contributed by atoms with Crippen molar-refractivity contribution in [1.29, 1.82) is 0 Å². The topological polar surface area (TPSA) is 61.8 Å². The molecule has 3 rings (SSSR count). The second-order valence-electron chi connectivity index (χ2n) is 7.35. The molecule has 1 aromatic heterocycles. The summed E-state index contributed by atoms with van der Waals surface area (Å²) >= 11 is 0. The van der Waals surface area contributed by atoms with Crippen molar-refractivity contribution in [3.8, 4) is 0 Å². The van der Waals surface area contributed by atoms with Crippen molar-refractivity contribution in [1.82, 2.24) is 15.6 Å². The third-order valence-corrected chi connectivity index (χ3v) is 5.02. The van der Waals surface area contributed by atoms with E-state index >= 15 is 0 Å². The van der Waals surface area contributed by atoms with Crippen LogP contribution in [0.15, 0.2) is 53.7 Å². The van der Waals surface area contributed by atoms with Gasteiger partial charge in [0.05, 0.1) is 19.8 Å². The van der Waals surface area contributed by atoms with E-state index in [0.717, 1.165) is 63.0 Å². The maximum atomic E-state index is 5.47. The maximum absolute atomic E-state index is 5.47. The molecule has 6 nitrogen and oxygen atoms in total. The van der Waals surface area contributed by atoms with Gasteiger partial charge in [-0.1, -0.05) is 36.4 Å². The Kier molecular flexibility index (Phi) is 10.9. The Labute approximate surface area is 197 Å². The molecule has 0 bridgehead atoms. The quantitative estimate of drug-likeness (QED) is 0.315. The van der Waals surface area contributed by atoms with Crippen molar-refractivity contribution < 1.29 is 4.74 Å². The molecule has 1 unspecified atom stereocenters. The molecule has 2 heterocycles. The zero-order valence-corrected chi connectivity index (χ0v) is 20.3. The summed E-state index contributed by atoms with van der Waals surface area (Å²) in [4.78, 5) is 11.7. The van der Waals surface area contributed by atoms with Gasteiger partial charge in [-0.25, -0.2) is 9.98 Å². The van der Waals surface area contributed by atoms with Crippen LogP contribution in [-0.4, -0.2) is 49.8 Å². The number of nitrogens with one attached hydrogen (secondary N) is 2. The molecule has 0 radical (unpaired) electrons. The molecule has 0 saturated carbocycles. The number of morpholine rings is 1. The Morgan fingerprint density at radius 3 is 2.67 bits per heavy atom. The fourth-order valence-electron chi connectivity index (χ4n) is 3.43. The molecule has 1 saturated heterocycles. The van der Waals surface area contributed by atoms with E-state index < -0.39 is 0 Å². The lowest BCUT2D eigenvalue weighted by Gasteiger charge is -2.29. The molecule has 0 aliphatic carbocycles. The van der Waals surface area contributed by atoms with Gasteiger partial charge in [-0.2, -0.15) is 0 Å². The molecule has 1 aliphatic rings. The Morgan fingerprint density at radius 2 is 1.93 bits per heavy atom. The highest BCUT2D eigenvalue weighted by molar-refractivity contribution is 14.0. The summed E-state index contributed by atoms with van der Waals surface area (Å²) in [7, 11) is 0. The summed E-state index contributed by atoms with van der Waals surface area (Å²) in [6.07, 6.45) is 3.96. The van der Waals surface area contributed by atoms with E-state index in [1.807, 2.05) is 12.3 Å². The lowest BCUT2D eigenvalue weighted by Crippen LogP contribution is -2.42. The third-order valence-electron chi connectivity index (χ3n) is 5.02. The van der Waals surface area contributed by atoms with Gasteiger partial charge in [0, 0.05) is 37.4 Å². The van der Waals surface area contributed by atoms with Crippen molar-refractivity contribution >= 4 is 35.8 Å². The molecule has 1 fully saturated rings. The van der Waals surface area contributed by atoms with Gasteiger partial charge >= 0.3 is 0 Å². The highest BCUT2D eigenvalue weighted by Gasteiger charge is 2.15. The van der Waals surface area contributed by atoms with Crippen LogP contribution in [0.25, 0.3) is 0 Å². The zero-order valence-electron chi connectivity index (χ0n) is 18.0. The van der Waals surface area contributed by atoms with Crippen LogP contribution in [0.2, 0.25) is 0 Å². The lowest BCUT2D eigenvalue weighted by molar-refractivity contribution is 0.122. The van der Waals surface area contributed by atoms with Crippen LogP contribution in [0.1, 0.15) is 31.4 Å². The van der Waals surface area contributed by atoms with Crippen LogP contribution in [0.4, 0.5) is 5.82 Å². The third kappa shape index (κ3) is 7.75. The van der Waals surface area contributed by atoms with Gasteiger partial charge in [0.25, 0.3) is 0 Å². The smallest absolute Gasteiger partial charge is 0.191 e. The number of ether oxygens (including phenoxy) is 1. The van der Waals surface area contributed by atoms with Gasteiger partial charge in [0.2, 0.25) is 0 Å². The number of pyridine rings is 1. The predicted molar refractivity (Wildman–Crippen MR) is 135 cm³/mol. The van der Waals surface area contributed by atoms with E-state index in [1.165, 1.54) is 5.56 Å². The molecular weight excluding hydrogens is 489 g/mol. The summed E-state index contributed by atoms with van der Waals surface area (Å²) in [5.74, 6) is 1.87. The number of nitrogens with zero attached hydrogens (tertiary/aromatic N) is 3. The number of aliphatic imine (C=N–C) groups is 1. The maximum Gasteiger partial charge on any atom is 0.191 e. The SMILES string of the molecule is CCNC(=NCc1cccnc1N1CCOCC1)NC(C)CCc1ccccc1.I. The van der Waals surface area contributed by atoms with Gasteiger partial charge in [-0.3, -0.25) is 0 Å². The number of halogens is 1. The van der Waals surface area contributed by atoms with E-state index in [-0.39, 0.29) is 24.0 Å². The summed E-state index contributed by atoms with van der Waals surface area (Å²) < 4.78 is 5.47. The van der Waals surface area contributed by atoms with Crippen LogP contribution in [-0.2, 0) is 17.7 Å². The fourth-order valence-corrected chi connectivity index (χ4v) is 3.43.